The largest absolute Gasteiger partial charge is 0.493 e. The molecule has 0 spiro atoms. The van der Waals surface area contributed by atoms with Crippen LogP contribution in [0, 0.1) is 0 Å². The number of ether oxygens (including phenoxy) is 2. The average molecular weight is 325 g/mol. The molecule has 0 heterocycles. The van der Waals surface area contributed by atoms with Gasteiger partial charge in [-0.3, -0.25) is 0 Å². The second-order valence-electron chi connectivity index (χ2n) is 6.54. The number of hydrogen-bond donors (Lipinski definition) is 1. The second kappa shape index (κ2) is 8.20. The average Bonchev–Trinajstić information content (AvgIpc) is 2.67. The molecule has 2 atom stereocenters. The van der Waals surface area contributed by atoms with Gasteiger partial charge < -0.3 is 14.8 Å². The molecule has 0 unspecified atom stereocenters. The van der Waals surface area contributed by atoms with Gasteiger partial charge in [-0.25, -0.2) is 0 Å². The summed E-state index contributed by atoms with van der Waals surface area (Å²) in [6.07, 6.45) is 4.96. The van der Waals surface area contributed by atoms with Crippen molar-refractivity contribution in [1.29, 1.82) is 0 Å². The van der Waals surface area contributed by atoms with E-state index in [1.165, 1.54) is 36.8 Å². The first-order chi connectivity index (χ1) is 11.8. The summed E-state index contributed by atoms with van der Waals surface area (Å²) < 4.78 is 10.8. The molecule has 1 N–H and O–H groups in total. The maximum absolute atomic E-state index is 5.46. The van der Waals surface area contributed by atoms with Gasteiger partial charge in [0.25, 0.3) is 0 Å². The molecule has 2 aromatic carbocycles. The van der Waals surface area contributed by atoms with E-state index >= 15 is 0 Å². The zero-order chi connectivity index (χ0) is 16.8. The van der Waals surface area contributed by atoms with Crippen LogP contribution in [0.15, 0.2) is 48.5 Å². The fraction of sp³-hybridized carbons (Fsp3) is 0.429. The Morgan fingerprint density at radius 3 is 2.50 bits per heavy atom. The minimum Gasteiger partial charge on any atom is -0.493 e. The van der Waals surface area contributed by atoms with E-state index in [1.54, 1.807) is 14.2 Å². The highest BCUT2D eigenvalue weighted by Crippen LogP contribution is 2.37. The smallest absolute Gasteiger partial charge is 0.160 e. The molecule has 128 valence electrons. The van der Waals surface area contributed by atoms with Crippen molar-refractivity contribution in [2.45, 2.75) is 44.2 Å². The molecule has 1 fully saturated rings. The van der Waals surface area contributed by atoms with Crippen LogP contribution in [0.5, 0.6) is 11.5 Å². The summed E-state index contributed by atoms with van der Waals surface area (Å²) in [5.74, 6) is 2.22. The van der Waals surface area contributed by atoms with Crippen molar-refractivity contribution in [2.24, 2.45) is 0 Å². The molecule has 3 heteroatoms. The normalized spacial score (nSPS) is 20.6. The van der Waals surface area contributed by atoms with Crippen LogP contribution in [0.3, 0.4) is 0 Å². The van der Waals surface area contributed by atoms with E-state index in [0.29, 0.717) is 12.0 Å². The molecule has 3 rings (SSSR count). The van der Waals surface area contributed by atoms with Crippen LogP contribution in [0.1, 0.15) is 42.7 Å². The third-order valence-corrected chi connectivity index (χ3v) is 4.99. The Labute approximate surface area is 145 Å². The van der Waals surface area contributed by atoms with Crippen LogP contribution in [0.25, 0.3) is 0 Å². The van der Waals surface area contributed by atoms with Gasteiger partial charge in [-0.1, -0.05) is 42.8 Å². The van der Waals surface area contributed by atoms with E-state index in [2.05, 4.69) is 47.8 Å². The van der Waals surface area contributed by atoms with Crippen molar-refractivity contribution >= 4 is 0 Å². The molecule has 3 nitrogen and oxygen atoms in total. The topological polar surface area (TPSA) is 30.5 Å². The quantitative estimate of drug-likeness (QED) is 0.847. The molecule has 0 aromatic heterocycles. The SMILES string of the molecule is COc1ccc([C@H]2CCC[C@@H](NCc3ccccc3)C2)cc1OC. The lowest BCUT2D eigenvalue weighted by Crippen LogP contribution is -2.33. The monoisotopic (exact) mass is 325 g/mol. The standard InChI is InChI=1S/C21H27NO2/c1-23-20-12-11-18(14-21(20)24-2)17-9-6-10-19(13-17)22-15-16-7-4-3-5-8-16/h3-5,7-8,11-12,14,17,19,22H,6,9-10,13,15H2,1-2H3/t17-,19+/m0/s1. The highest BCUT2D eigenvalue weighted by molar-refractivity contribution is 5.44. The third-order valence-electron chi connectivity index (χ3n) is 4.99. The first kappa shape index (κ1) is 16.8. The van der Waals surface area contributed by atoms with Gasteiger partial charge in [0.1, 0.15) is 0 Å². The molecule has 0 radical (unpaired) electrons. The van der Waals surface area contributed by atoms with Gasteiger partial charge in [0.2, 0.25) is 0 Å². The lowest BCUT2D eigenvalue weighted by molar-refractivity contribution is 0.334. The summed E-state index contributed by atoms with van der Waals surface area (Å²) >= 11 is 0. The lowest BCUT2D eigenvalue weighted by Gasteiger charge is -2.30. The van der Waals surface area contributed by atoms with Crippen molar-refractivity contribution in [2.75, 3.05) is 14.2 Å². The van der Waals surface area contributed by atoms with Crippen LogP contribution in [-0.4, -0.2) is 20.3 Å². The number of benzene rings is 2. The molecule has 0 aliphatic heterocycles. The maximum Gasteiger partial charge on any atom is 0.160 e. The Balaban J connectivity index is 1.63. The zero-order valence-corrected chi connectivity index (χ0v) is 14.6. The van der Waals surface area contributed by atoms with Crippen molar-refractivity contribution in [3.8, 4) is 11.5 Å². The Hall–Kier alpha value is -2.00. The van der Waals surface area contributed by atoms with Gasteiger partial charge in [-0.2, -0.15) is 0 Å². The van der Waals surface area contributed by atoms with Crippen molar-refractivity contribution in [3.05, 3.63) is 59.7 Å². The van der Waals surface area contributed by atoms with E-state index < -0.39 is 0 Å². The molecule has 0 amide bonds. The number of nitrogens with one attached hydrogen (secondary N) is 1. The molecule has 1 aliphatic rings. The van der Waals surface area contributed by atoms with Crippen LogP contribution < -0.4 is 14.8 Å². The Kier molecular flexibility index (Phi) is 5.76. The summed E-state index contributed by atoms with van der Waals surface area (Å²) in [7, 11) is 3.38. The fourth-order valence-electron chi connectivity index (χ4n) is 3.64. The van der Waals surface area contributed by atoms with E-state index in [1.807, 2.05) is 6.07 Å². The first-order valence-electron chi connectivity index (χ1n) is 8.79. The molecule has 24 heavy (non-hydrogen) atoms. The van der Waals surface area contributed by atoms with Gasteiger partial charge in [0.05, 0.1) is 14.2 Å². The van der Waals surface area contributed by atoms with E-state index in [0.717, 1.165) is 18.0 Å². The number of hydrogen-bond acceptors (Lipinski definition) is 3. The molecule has 0 bridgehead atoms. The summed E-state index contributed by atoms with van der Waals surface area (Å²) in [5, 5.41) is 3.73. The molecule has 0 saturated heterocycles. The van der Waals surface area contributed by atoms with E-state index in [4.69, 9.17) is 9.47 Å². The Bertz CT molecular complexity index is 642. The van der Waals surface area contributed by atoms with Crippen molar-refractivity contribution < 1.29 is 9.47 Å². The van der Waals surface area contributed by atoms with E-state index in [9.17, 15) is 0 Å². The summed E-state index contributed by atoms with van der Waals surface area (Å²) in [4.78, 5) is 0. The lowest BCUT2D eigenvalue weighted by atomic mass is 9.81. The predicted octanol–water partition coefficient (Wildman–Crippen LogP) is 4.52. The van der Waals surface area contributed by atoms with Crippen LogP contribution >= 0.6 is 0 Å². The minimum atomic E-state index is 0.581. The van der Waals surface area contributed by atoms with Crippen LogP contribution in [0.2, 0.25) is 0 Å². The third kappa shape index (κ3) is 4.09. The van der Waals surface area contributed by atoms with Crippen LogP contribution in [-0.2, 0) is 6.54 Å². The zero-order valence-electron chi connectivity index (χ0n) is 14.6. The second-order valence-corrected chi connectivity index (χ2v) is 6.54. The van der Waals surface area contributed by atoms with Gasteiger partial charge in [0, 0.05) is 12.6 Å². The highest BCUT2D eigenvalue weighted by Gasteiger charge is 2.23. The summed E-state index contributed by atoms with van der Waals surface area (Å²) in [6.45, 7) is 0.949. The van der Waals surface area contributed by atoms with Gasteiger partial charge in [0.15, 0.2) is 11.5 Å². The maximum atomic E-state index is 5.46. The number of methoxy groups -OCH3 is 2. The Morgan fingerprint density at radius 2 is 1.75 bits per heavy atom. The first-order valence-corrected chi connectivity index (χ1v) is 8.79. The van der Waals surface area contributed by atoms with Crippen LogP contribution in [0.4, 0.5) is 0 Å². The molecular formula is C21H27NO2. The van der Waals surface area contributed by atoms with E-state index in [-0.39, 0.29) is 0 Å². The van der Waals surface area contributed by atoms with Gasteiger partial charge in [-0.05, 0) is 48.4 Å². The predicted molar refractivity (Wildman–Crippen MR) is 97.8 cm³/mol. The number of rotatable bonds is 6. The summed E-state index contributed by atoms with van der Waals surface area (Å²) in [5.41, 5.74) is 2.71. The van der Waals surface area contributed by atoms with Gasteiger partial charge >= 0.3 is 0 Å². The molecule has 2 aromatic rings. The minimum absolute atomic E-state index is 0.581. The van der Waals surface area contributed by atoms with Crippen molar-refractivity contribution in [3.63, 3.8) is 0 Å². The molecule has 1 aliphatic carbocycles. The summed E-state index contributed by atoms with van der Waals surface area (Å²) in [6, 6.07) is 17.6. The molecular weight excluding hydrogens is 298 g/mol. The Morgan fingerprint density at radius 1 is 0.958 bits per heavy atom. The fourth-order valence-corrected chi connectivity index (χ4v) is 3.64. The van der Waals surface area contributed by atoms with Crippen molar-refractivity contribution in [1.82, 2.24) is 5.32 Å². The molecule has 1 saturated carbocycles. The highest BCUT2D eigenvalue weighted by atomic mass is 16.5. The van der Waals surface area contributed by atoms with Gasteiger partial charge in [-0.15, -0.1) is 0 Å².